The maximum Gasteiger partial charge on any atom is 0.268 e. The lowest BCUT2D eigenvalue weighted by Crippen LogP contribution is -2.12. The summed E-state index contributed by atoms with van der Waals surface area (Å²) < 4.78 is 6.11. The SMILES string of the molecule is O=c1[nH]c(COc2ccc(CO)nc2)nc2ccsc12. The van der Waals surface area contributed by atoms with Crippen LogP contribution in [0.2, 0.25) is 0 Å². The van der Waals surface area contributed by atoms with Gasteiger partial charge in [-0.15, -0.1) is 11.3 Å². The molecule has 0 spiro atoms. The molecule has 3 rings (SSSR count). The number of nitrogens with zero attached hydrogens (tertiary/aromatic N) is 2. The van der Waals surface area contributed by atoms with Gasteiger partial charge >= 0.3 is 0 Å². The van der Waals surface area contributed by atoms with Gasteiger partial charge in [0, 0.05) is 0 Å². The third kappa shape index (κ3) is 2.54. The number of H-pyrrole nitrogens is 1. The average molecular weight is 289 g/mol. The van der Waals surface area contributed by atoms with E-state index in [4.69, 9.17) is 9.84 Å². The summed E-state index contributed by atoms with van der Waals surface area (Å²) in [5, 5.41) is 10.7. The van der Waals surface area contributed by atoms with E-state index in [0.717, 1.165) is 0 Å². The second-order valence-corrected chi connectivity index (χ2v) is 5.00. The summed E-state index contributed by atoms with van der Waals surface area (Å²) in [4.78, 5) is 22.8. The Morgan fingerprint density at radius 1 is 1.35 bits per heavy atom. The number of aromatic nitrogens is 3. The van der Waals surface area contributed by atoms with Gasteiger partial charge in [-0.2, -0.15) is 0 Å². The molecule has 3 aromatic heterocycles. The minimum atomic E-state index is -0.155. The highest BCUT2D eigenvalue weighted by atomic mass is 32.1. The molecule has 20 heavy (non-hydrogen) atoms. The van der Waals surface area contributed by atoms with Crippen molar-refractivity contribution in [1.29, 1.82) is 0 Å². The van der Waals surface area contributed by atoms with Gasteiger partial charge in [0.1, 0.15) is 22.9 Å². The number of hydrogen-bond acceptors (Lipinski definition) is 6. The van der Waals surface area contributed by atoms with Crippen LogP contribution in [0.5, 0.6) is 5.75 Å². The zero-order valence-corrected chi connectivity index (χ0v) is 11.2. The number of ether oxygens (including phenoxy) is 1. The fourth-order valence-corrected chi connectivity index (χ4v) is 2.46. The molecule has 0 amide bonds. The molecule has 0 aliphatic rings. The van der Waals surface area contributed by atoms with Crippen molar-refractivity contribution in [1.82, 2.24) is 15.0 Å². The van der Waals surface area contributed by atoms with Crippen LogP contribution in [-0.4, -0.2) is 20.1 Å². The Bertz CT molecular complexity index is 779. The van der Waals surface area contributed by atoms with Gasteiger partial charge in [-0.05, 0) is 23.6 Å². The predicted octanol–water partition coefficient (Wildman–Crippen LogP) is 1.45. The highest BCUT2D eigenvalue weighted by Crippen LogP contribution is 2.15. The fraction of sp³-hybridized carbons (Fsp3) is 0.154. The van der Waals surface area contributed by atoms with Gasteiger partial charge in [0.2, 0.25) is 0 Å². The van der Waals surface area contributed by atoms with E-state index in [1.54, 1.807) is 18.2 Å². The summed E-state index contributed by atoms with van der Waals surface area (Å²) in [6.07, 6.45) is 1.52. The van der Waals surface area contributed by atoms with E-state index < -0.39 is 0 Å². The zero-order chi connectivity index (χ0) is 13.9. The van der Waals surface area contributed by atoms with Crippen molar-refractivity contribution >= 4 is 21.6 Å². The first-order valence-electron chi connectivity index (χ1n) is 5.91. The maximum atomic E-state index is 11.8. The van der Waals surface area contributed by atoms with Crippen LogP contribution in [0.1, 0.15) is 11.5 Å². The Kier molecular flexibility index (Phi) is 3.44. The number of rotatable bonds is 4. The van der Waals surface area contributed by atoms with Gasteiger partial charge in [0.25, 0.3) is 5.56 Å². The van der Waals surface area contributed by atoms with Gasteiger partial charge in [0.05, 0.1) is 24.0 Å². The smallest absolute Gasteiger partial charge is 0.268 e. The number of thiophene rings is 1. The number of fused-ring (bicyclic) bond motifs is 1. The Hall–Kier alpha value is -2.25. The molecule has 0 aliphatic carbocycles. The molecule has 0 aliphatic heterocycles. The van der Waals surface area contributed by atoms with Crippen molar-refractivity contribution in [2.75, 3.05) is 0 Å². The molecular weight excluding hydrogens is 278 g/mol. The van der Waals surface area contributed by atoms with Crippen LogP contribution >= 0.6 is 11.3 Å². The molecule has 0 saturated heterocycles. The number of aliphatic hydroxyl groups excluding tert-OH is 1. The molecule has 2 N–H and O–H groups in total. The molecule has 7 heteroatoms. The molecule has 0 fully saturated rings. The molecule has 102 valence electrons. The molecule has 0 bridgehead atoms. The first-order chi connectivity index (χ1) is 9.76. The lowest BCUT2D eigenvalue weighted by Gasteiger charge is -2.05. The Morgan fingerprint density at radius 3 is 3.00 bits per heavy atom. The number of hydrogen-bond donors (Lipinski definition) is 2. The number of aromatic amines is 1. The summed E-state index contributed by atoms with van der Waals surface area (Å²) in [6.45, 7) is 0.0468. The van der Waals surface area contributed by atoms with E-state index in [9.17, 15) is 4.79 Å². The lowest BCUT2D eigenvalue weighted by atomic mass is 10.3. The summed E-state index contributed by atoms with van der Waals surface area (Å²) in [7, 11) is 0. The standard InChI is InChI=1S/C13H11N3O3S/c17-6-8-1-2-9(5-14-8)19-7-11-15-10-3-4-20-12(10)13(18)16-11/h1-5,17H,6-7H2,(H,15,16,18). The molecule has 6 nitrogen and oxygen atoms in total. The fourth-order valence-electron chi connectivity index (χ4n) is 1.73. The highest BCUT2D eigenvalue weighted by Gasteiger charge is 2.05. The van der Waals surface area contributed by atoms with Crippen molar-refractivity contribution in [2.24, 2.45) is 0 Å². The van der Waals surface area contributed by atoms with E-state index in [-0.39, 0.29) is 18.8 Å². The minimum absolute atomic E-state index is 0.107. The normalized spacial score (nSPS) is 10.8. The topological polar surface area (TPSA) is 88.1 Å². The van der Waals surface area contributed by atoms with Crippen molar-refractivity contribution in [3.05, 3.63) is 51.6 Å². The van der Waals surface area contributed by atoms with Gasteiger partial charge in [-0.25, -0.2) is 4.98 Å². The van der Waals surface area contributed by atoms with E-state index in [1.807, 2.05) is 5.38 Å². The summed E-state index contributed by atoms with van der Waals surface area (Å²) in [5.74, 6) is 1.02. The Labute approximate surface area is 117 Å². The van der Waals surface area contributed by atoms with Crippen LogP contribution in [-0.2, 0) is 13.2 Å². The molecule has 3 aromatic rings. The van der Waals surface area contributed by atoms with E-state index >= 15 is 0 Å². The van der Waals surface area contributed by atoms with Crippen molar-refractivity contribution in [3.8, 4) is 5.75 Å². The monoisotopic (exact) mass is 289 g/mol. The predicted molar refractivity (Wildman–Crippen MR) is 74.7 cm³/mol. The molecule has 0 saturated carbocycles. The molecule has 3 heterocycles. The second kappa shape index (κ2) is 5.40. The van der Waals surface area contributed by atoms with Crippen molar-refractivity contribution in [2.45, 2.75) is 13.2 Å². The molecule has 0 radical (unpaired) electrons. The van der Waals surface area contributed by atoms with Gasteiger partial charge in [-0.1, -0.05) is 0 Å². The van der Waals surface area contributed by atoms with Crippen LogP contribution in [0.4, 0.5) is 0 Å². The molecule has 0 atom stereocenters. The average Bonchev–Trinajstić information content (AvgIpc) is 2.94. The number of aliphatic hydroxyl groups is 1. The Morgan fingerprint density at radius 2 is 2.25 bits per heavy atom. The first-order valence-corrected chi connectivity index (χ1v) is 6.79. The van der Waals surface area contributed by atoms with Crippen LogP contribution in [0.25, 0.3) is 10.2 Å². The quantitative estimate of drug-likeness (QED) is 0.759. The van der Waals surface area contributed by atoms with Crippen LogP contribution in [0.3, 0.4) is 0 Å². The van der Waals surface area contributed by atoms with E-state index in [2.05, 4.69) is 15.0 Å². The van der Waals surface area contributed by atoms with Gasteiger partial charge in [-0.3, -0.25) is 9.78 Å². The molecule has 0 aromatic carbocycles. The number of pyridine rings is 1. The van der Waals surface area contributed by atoms with E-state index in [0.29, 0.717) is 27.5 Å². The first kappa shape index (κ1) is 12.8. The highest BCUT2D eigenvalue weighted by molar-refractivity contribution is 7.17. The third-order valence-corrected chi connectivity index (χ3v) is 3.60. The second-order valence-electron chi connectivity index (χ2n) is 4.08. The van der Waals surface area contributed by atoms with Crippen molar-refractivity contribution in [3.63, 3.8) is 0 Å². The largest absolute Gasteiger partial charge is 0.484 e. The van der Waals surface area contributed by atoms with E-state index in [1.165, 1.54) is 17.5 Å². The summed E-state index contributed by atoms with van der Waals surface area (Å²) >= 11 is 1.36. The maximum absolute atomic E-state index is 11.8. The van der Waals surface area contributed by atoms with Crippen LogP contribution in [0, 0.1) is 0 Å². The van der Waals surface area contributed by atoms with Crippen LogP contribution < -0.4 is 10.3 Å². The Balaban J connectivity index is 1.77. The van der Waals surface area contributed by atoms with Gasteiger partial charge in [0.15, 0.2) is 0 Å². The van der Waals surface area contributed by atoms with Gasteiger partial charge < -0.3 is 14.8 Å². The third-order valence-electron chi connectivity index (χ3n) is 2.70. The summed E-state index contributed by atoms with van der Waals surface area (Å²) in [5.41, 5.74) is 1.09. The minimum Gasteiger partial charge on any atom is -0.484 e. The molecule has 0 unspecified atom stereocenters. The number of nitrogens with one attached hydrogen (secondary N) is 1. The van der Waals surface area contributed by atoms with Crippen molar-refractivity contribution < 1.29 is 9.84 Å². The summed E-state index contributed by atoms with van der Waals surface area (Å²) in [6, 6.07) is 5.18. The zero-order valence-electron chi connectivity index (χ0n) is 10.4. The molecular formula is C13H11N3O3S. The lowest BCUT2D eigenvalue weighted by molar-refractivity contribution is 0.274. The van der Waals surface area contributed by atoms with Crippen LogP contribution in [0.15, 0.2) is 34.6 Å².